The van der Waals surface area contributed by atoms with E-state index in [1.54, 1.807) is 6.92 Å². The van der Waals surface area contributed by atoms with Gasteiger partial charge in [0.05, 0.1) is 17.1 Å². The van der Waals surface area contributed by atoms with Crippen LogP contribution in [-0.4, -0.2) is 18.0 Å². The zero-order valence-corrected chi connectivity index (χ0v) is 12.8. The molecular weight excluding hydrogens is 293 g/mol. The summed E-state index contributed by atoms with van der Waals surface area (Å²) in [5, 5.41) is 6.10. The average molecular weight is 314 g/mol. The Morgan fingerprint density at radius 1 is 1.27 bits per heavy atom. The monoisotopic (exact) mass is 314 g/mol. The summed E-state index contributed by atoms with van der Waals surface area (Å²) in [6, 6.07) is 4.56. The number of carbonyl (C=O) groups excluding carboxylic acids is 1. The van der Waals surface area contributed by atoms with Gasteiger partial charge in [-0.05, 0) is 57.4 Å². The first-order chi connectivity index (χ1) is 10.2. The van der Waals surface area contributed by atoms with Crippen LogP contribution in [0.5, 0.6) is 0 Å². The SMILES string of the molecule is CC(NC(=O)C1(C)CCCCN1)c1ccc(C(F)(F)F)cc1. The summed E-state index contributed by atoms with van der Waals surface area (Å²) in [7, 11) is 0. The number of piperidine rings is 1. The van der Waals surface area contributed by atoms with Crippen molar-refractivity contribution in [3.8, 4) is 0 Å². The predicted octanol–water partition coefficient (Wildman–Crippen LogP) is 3.41. The summed E-state index contributed by atoms with van der Waals surface area (Å²) < 4.78 is 37.6. The Kier molecular flexibility index (Phi) is 4.80. The van der Waals surface area contributed by atoms with Crippen molar-refractivity contribution in [2.45, 2.75) is 50.9 Å². The molecule has 2 atom stereocenters. The highest BCUT2D eigenvalue weighted by molar-refractivity contribution is 5.86. The minimum Gasteiger partial charge on any atom is -0.348 e. The van der Waals surface area contributed by atoms with Crippen molar-refractivity contribution in [1.29, 1.82) is 0 Å². The Morgan fingerprint density at radius 3 is 2.41 bits per heavy atom. The van der Waals surface area contributed by atoms with Gasteiger partial charge in [-0.15, -0.1) is 0 Å². The highest BCUT2D eigenvalue weighted by Crippen LogP contribution is 2.30. The molecule has 1 aromatic carbocycles. The summed E-state index contributed by atoms with van der Waals surface area (Å²) in [4.78, 5) is 12.4. The minimum absolute atomic E-state index is 0.111. The Labute approximate surface area is 128 Å². The number of hydrogen-bond donors (Lipinski definition) is 2. The summed E-state index contributed by atoms with van der Waals surface area (Å²) >= 11 is 0. The molecule has 1 heterocycles. The number of amides is 1. The molecular formula is C16H21F3N2O. The smallest absolute Gasteiger partial charge is 0.348 e. The molecule has 3 nitrogen and oxygen atoms in total. The van der Waals surface area contributed by atoms with Crippen molar-refractivity contribution in [3.05, 3.63) is 35.4 Å². The number of halogens is 3. The van der Waals surface area contributed by atoms with Crippen LogP contribution in [0.2, 0.25) is 0 Å². The third-order valence-corrected chi connectivity index (χ3v) is 4.21. The second-order valence-corrected chi connectivity index (χ2v) is 6.03. The molecule has 1 amide bonds. The third-order valence-electron chi connectivity index (χ3n) is 4.21. The van der Waals surface area contributed by atoms with Gasteiger partial charge in [0.25, 0.3) is 0 Å². The third kappa shape index (κ3) is 3.80. The molecule has 0 radical (unpaired) electrons. The van der Waals surface area contributed by atoms with Gasteiger partial charge in [-0.3, -0.25) is 4.79 Å². The lowest BCUT2D eigenvalue weighted by molar-refractivity contribution is -0.137. The molecule has 0 bridgehead atoms. The molecule has 1 aliphatic rings. The van der Waals surface area contributed by atoms with E-state index in [2.05, 4.69) is 10.6 Å². The van der Waals surface area contributed by atoms with E-state index >= 15 is 0 Å². The standard InChI is InChI=1S/C16H21F3N2O/c1-11(12-5-7-13(8-6-12)16(17,18)19)21-14(22)15(2)9-3-4-10-20-15/h5-8,11,20H,3-4,9-10H2,1-2H3,(H,21,22). The lowest BCUT2D eigenvalue weighted by atomic mass is 9.89. The first kappa shape index (κ1) is 16.8. The normalized spacial score (nSPS) is 23.9. The molecule has 1 aromatic rings. The van der Waals surface area contributed by atoms with E-state index in [1.807, 2.05) is 6.92 Å². The van der Waals surface area contributed by atoms with Crippen LogP contribution in [0.25, 0.3) is 0 Å². The van der Waals surface area contributed by atoms with E-state index < -0.39 is 17.3 Å². The molecule has 0 saturated carbocycles. The van der Waals surface area contributed by atoms with Gasteiger partial charge < -0.3 is 10.6 Å². The van der Waals surface area contributed by atoms with Gasteiger partial charge in [-0.25, -0.2) is 0 Å². The Morgan fingerprint density at radius 2 is 1.91 bits per heavy atom. The topological polar surface area (TPSA) is 41.1 Å². The maximum Gasteiger partial charge on any atom is 0.416 e. The largest absolute Gasteiger partial charge is 0.416 e. The van der Waals surface area contributed by atoms with Gasteiger partial charge in [0, 0.05) is 0 Å². The van der Waals surface area contributed by atoms with Crippen LogP contribution in [0.15, 0.2) is 24.3 Å². The molecule has 22 heavy (non-hydrogen) atoms. The summed E-state index contributed by atoms with van der Waals surface area (Å²) in [6.07, 6.45) is -1.54. The highest BCUT2D eigenvalue weighted by Gasteiger charge is 2.35. The van der Waals surface area contributed by atoms with Crippen LogP contribution in [0, 0.1) is 0 Å². The van der Waals surface area contributed by atoms with Crippen LogP contribution < -0.4 is 10.6 Å². The molecule has 0 aromatic heterocycles. The van der Waals surface area contributed by atoms with E-state index in [0.29, 0.717) is 5.56 Å². The number of nitrogens with one attached hydrogen (secondary N) is 2. The van der Waals surface area contributed by atoms with Gasteiger partial charge in [0.15, 0.2) is 0 Å². The molecule has 122 valence electrons. The molecule has 1 aliphatic heterocycles. The van der Waals surface area contributed by atoms with E-state index in [-0.39, 0.29) is 11.9 Å². The minimum atomic E-state index is -4.34. The molecule has 2 unspecified atom stereocenters. The number of hydrogen-bond acceptors (Lipinski definition) is 2. The van der Waals surface area contributed by atoms with Crippen LogP contribution in [0.1, 0.15) is 50.3 Å². The van der Waals surface area contributed by atoms with Gasteiger partial charge >= 0.3 is 6.18 Å². The first-order valence-electron chi connectivity index (χ1n) is 7.45. The van der Waals surface area contributed by atoms with E-state index in [0.717, 1.165) is 37.9 Å². The van der Waals surface area contributed by atoms with Crippen LogP contribution in [-0.2, 0) is 11.0 Å². The lowest BCUT2D eigenvalue weighted by Crippen LogP contribution is -2.57. The van der Waals surface area contributed by atoms with E-state index in [9.17, 15) is 18.0 Å². The van der Waals surface area contributed by atoms with Crippen LogP contribution in [0.3, 0.4) is 0 Å². The van der Waals surface area contributed by atoms with Crippen molar-refractivity contribution in [1.82, 2.24) is 10.6 Å². The second kappa shape index (κ2) is 6.28. The lowest BCUT2D eigenvalue weighted by Gasteiger charge is -2.34. The average Bonchev–Trinajstić information content (AvgIpc) is 2.47. The zero-order chi connectivity index (χ0) is 16.4. The number of carbonyl (C=O) groups is 1. The fraction of sp³-hybridized carbons (Fsp3) is 0.562. The van der Waals surface area contributed by atoms with Crippen LogP contribution >= 0.6 is 0 Å². The molecule has 0 spiro atoms. The first-order valence-corrected chi connectivity index (χ1v) is 7.45. The van der Waals surface area contributed by atoms with Gasteiger partial charge in [-0.1, -0.05) is 12.1 Å². The highest BCUT2D eigenvalue weighted by atomic mass is 19.4. The molecule has 1 fully saturated rings. The van der Waals surface area contributed by atoms with Crippen LogP contribution in [0.4, 0.5) is 13.2 Å². The van der Waals surface area contributed by atoms with Crippen molar-refractivity contribution >= 4 is 5.91 Å². The van der Waals surface area contributed by atoms with Crippen molar-refractivity contribution < 1.29 is 18.0 Å². The zero-order valence-electron chi connectivity index (χ0n) is 12.8. The summed E-state index contributed by atoms with van der Waals surface area (Å²) in [5.41, 5.74) is -0.630. The maximum absolute atomic E-state index is 12.5. The Balaban J connectivity index is 2.02. The van der Waals surface area contributed by atoms with E-state index in [1.165, 1.54) is 12.1 Å². The van der Waals surface area contributed by atoms with Crippen molar-refractivity contribution in [2.24, 2.45) is 0 Å². The number of rotatable bonds is 3. The quantitative estimate of drug-likeness (QED) is 0.897. The maximum atomic E-state index is 12.5. The molecule has 0 aliphatic carbocycles. The Hall–Kier alpha value is -1.56. The van der Waals surface area contributed by atoms with E-state index in [4.69, 9.17) is 0 Å². The van der Waals surface area contributed by atoms with Crippen molar-refractivity contribution in [3.63, 3.8) is 0 Å². The second-order valence-electron chi connectivity index (χ2n) is 6.03. The summed E-state index contributed by atoms with van der Waals surface area (Å²) in [6.45, 7) is 4.44. The van der Waals surface area contributed by atoms with Gasteiger partial charge in [0.1, 0.15) is 0 Å². The molecule has 6 heteroatoms. The van der Waals surface area contributed by atoms with Gasteiger partial charge in [-0.2, -0.15) is 13.2 Å². The number of alkyl halides is 3. The summed E-state index contributed by atoms with van der Waals surface area (Å²) in [5.74, 6) is -0.111. The van der Waals surface area contributed by atoms with Gasteiger partial charge in [0.2, 0.25) is 5.91 Å². The fourth-order valence-corrected chi connectivity index (χ4v) is 2.65. The molecule has 2 N–H and O–H groups in total. The predicted molar refractivity (Wildman–Crippen MR) is 78.3 cm³/mol. The fourth-order valence-electron chi connectivity index (χ4n) is 2.65. The van der Waals surface area contributed by atoms with Crippen molar-refractivity contribution in [2.75, 3.05) is 6.54 Å². The molecule has 2 rings (SSSR count). The molecule has 1 saturated heterocycles. The number of benzene rings is 1. The Bertz CT molecular complexity index is 519.